The number of carbonyl (C=O) groups excluding carboxylic acids is 2. The number of rotatable bonds is 6. The van der Waals surface area contributed by atoms with E-state index >= 15 is 0 Å². The van der Waals surface area contributed by atoms with Crippen LogP contribution in [0.4, 0.5) is 14.9 Å². The lowest BCUT2D eigenvalue weighted by molar-refractivity contribution is -0.127. The van der Waals surface area contributed by atoms with Gasteiger partial charge in [0.1, 0.15) is 5.82 Å². The van der Waals surface area contributed by atoms with Gasteiger partial charge in [-0.2, -0.15) is 11.8 Å². The van der Waals surface area contributed by atoms with E-state index in [0.29, 0.717) is 24.5 Å². The highest BCUT2D eigenvalue weighted by Gasteiger charge is 2.26. The second-order valence-corrected chi connectivity index (χ2v) is 6.59. The quantitative estimate of drug-likeness (QED) is 0.784. The van der Waals surface area contributed by atoms with Crippen molar-refractivity contribution < 1.29 is 14.0 Å². The van der Waals surface area contributed by atoms with Crippen LogP contribution in [0.3, 0.4) is 0 Å². The molecule has 0 aliphatic carbocycles. The Balaban J connectivity index is 1.73. The first-order valence-electron chi connectivity index (χ1n) is 7.77. The average molecular weight is 339 g/mol. The molecule has 1 aromatic carbocycles. The van der Waals surface area contributed by atoms with Crippen LogP contribution in [0.1, 0.15) is 19.8 Å². The molecule has 2 N–H and O–H groups in total. The Morgan fingerprint density at radius 3 is 2.78 bits per heavy atom. The van der Waals surface area contributed by atoms with Crippen LogP contribution in [0.25, 0.3) is 0 Å². The van der Waals surface area contributed by atoms with Crippen molar-refractivity contribution >= 4 is 29.4 Å². The van der Waals surface area contributed by atoms with E-state index in [1.54, 1.807) is 16.7 Å². The lowest BCUT2D eigenvalue weighted by Gasteiger charge is -2.17. The van der Waals surface area contributed by atoms with Crippen molar-refractivity contribution in [2.24, 2.45) is 0 Å². The molecule has 0 bridgehead atoms. The zero-order chi connectivity index (χ0) is 16.7. The highest BCUT2D eigenvalue weighted by Crippen LogP contribution is 2.13. The van der Waals surface area contributed by atoms with Gasteiger partial charge < -0.3 is 15.5 Å². The minimum absolute atomic E-state index is 0.0458. The third-order valence-electron chi connectivity index (χ3n) is 3.55. The highest BCUT2D eigenvalue weighted by molar-refractivity contribution is 7.99. The number of thioether (sulfide) groups is 1. The van der Waals surface area contributed by atoms with E-state index in [1.165, 1.54) is 24.3 Å². The normalized spacial score (nSPS) is 17.1. The van der Waals surface area contributed by atoms with Gasteiger partial charge in [0.2, 0.25) is 5.91 Å². The van der Waals surface area contributed by atoms with Crippen LogP contribution in [0, 0.1) is 5.82 Å². The van der Waals surface area contributed by atoms with E-state index in [4.69, 9.17) is 0 Å². The Labute approximate surface area is 140 Å². The molecule has 1 atom stereocenters. The summed E-state index contributed by atoms with van der Waals surface area (Å²) in [4.78, 5) is 25.7. The third kappa shape index (κ3) is 5.74. The number of anilines is 1. The number of carbonyl (C=O) groups is 2. The van der Waals surface area contributed by atoms with Crippen molar-refractivity contribution in [2.75, 3.05) is 29.9 Å². The van der Waals surface area contributed by atoms with Gasteiger partial charge in [0.15, 0.2) is 0 Å². The van der Waals surface area contributed by atoms with Crippen LogP contribution in [0.15, 0.2) is 24.3 Å². The summed E-state index contributed by atoms with van der Waals surface area (Å²) in [7, 11) is 0. The third-order valence-corrected chi connectivity index (χ3v) is 4.70. The van der Waals surface area contributed by atoms with Crippen LogP contribution in [-0.2, 0) is 4.79 Å². The van der Waals surface area contributed by atoms with Crippen LogP contribution in [0.5, 0.6) is 0 Å². The maximum atomic E-state index is 12.8. The molecule has 0 saturated carbocycles. The van der Waals surface area contributed by atoms with Gasteiger partial charge >= 0.3 is 6.03 Å². The molecule has 1 saturated heterocycles. The van der Waals surface area contributed by atoms with Gasteiger partial charge in [0, 0.05) is 24.8 Å². The molecule has 0 unspecified atom stereocenters. The van der Waals surface area contributed by atoms with Gasteiger partial charge in [-0.3, -0.25) is 4.79 Å². The van der Waals surface area contributed by atoms with Crippen molar-refractivity contribution in [2.45, 2.75) is 25.8 Å². The van der Waals surface area contributed by atoms with Gasteiger partial charge in [-0.1, -0.05) is 6.92 Å². The highest BCUT2D eigenvalue weighted by atomic mass is 32.2. The first-order valence-corrected chi connectivity index (χ1v) is 8.92. The fourth-order valence-electron chi connectivity index (χ4n) is 2.39. The molecule has 1 aliphatic heterocycles. The molecular weight excluding hydrogens is 317 g/mol. The summed E-state index contributed by atoms with van der Waals surface area (Å²) in [6.07, 6.45) is 1.81. The number of halogens is 1. The van der Waals surface area contributed by atoms with E-state index in [0.717, 1.165) is 18.6 Å². The summed E-state index contributed by atoms with van der Waals surface area (Å²) in [5.41, 5.74) is 0.533. The van der Waals surface area contributed by atoms with Gasteiger partial charge in [0.25, 0.3) is 0 Å². The minimum atomic E-state index is -0.346. The Morgan fingerprint density at radius 1 is 1.35 bits per heavy atom. The van der Waals surface area contributed by atoms with Crippen molar-refractivity contribution in [3.63, 3.8) is 0 Å². The van der Waals surface area contributed by atoms with Gasteiger partial charge in [-0.05, 0) is 42.9 Å². The molecule has 1 aliphatic rings. The molecule has 0 aromatic heterocycles. The fourth-order valence-corrected chi connectivity index (χ4v) is 3.18. The fraction of sp³-hybridized carbons (Fsp3) is 0.500. The summed E-state index contributed by atoms with van der Waals surface area (Å²) >= 11 is 1.64. The number of benzene rings is 1. The van der Waals surface area contributed by atoms with Crippen LogP contribution in [-0.4, -0.2) is 47.5 Å². The molecule has 3 amide bonds. The lowest BCUT2D eigenvalue weighted by atomic mass is 10.3. The number of nitrogens with zero attached hydrogens (tertiary/aromatic N) is 1. The van der Waals surface area contributed by atoms with Crippen LogP contribution >= 0.6 is 11.8 Å². The van der Waals surface area contributed by atoms with E-state index in [1.807, 2.05) is 0 Å². The number of hydrogen-bond donors (Lipinski definition) is 2. The summed E-state index contributed by atoms with van der Waals surface area (Å²) in [5.74, 6) is 1.28. The van der Waals surface area contributed by atoms with Gasteiger partial charge in [-0.25, -0.2) is 9.18 Å². The number of hydrogen-bond acceptors (Lipinski definition) is 3. The van der Waals surface area contributed by atoms with Gasteiger partial charge in [-0.15, -0.1) is 0 Å². The second-order valence-electron chi connectivity index (χ2n) is 5.48. The Bertz CT molecular complexity index is 539. The zero-order valence-corrected chi connectivity index (χ0v) is 14.0. The molecule has 5 nitrogen and oxygen atoms in total. The largest absolute Gasteiger partial charge is 0.340 e. The van der Waals surface area contributed by atoms with Crippen molar-refractivity contribution in [3.8, 4) is 0 Å². The number of likely N-dealkylation sites (tertiary alicyclic amines) is 1. The first-order chi connectivity index (χ1) is 11.1. The van der Waals surface area contributed by atoms with Crippen molar-refractivity contribution in [1.29, 1.82) is 0 Å². The molecule has 0 radical (unpaired) electrons. The molecule has 1 aromatic rings. The topological polar surface area (TPSA) is 61.4 Å². The maximum absolute atomic E-state index is 12.8. The Kier molecular flexibility index (Phi) is 6.70. The molecule has 23 heavy (non-hydrogen) atoms. The standard InChI is InChI=1S/C16H22FN3O2S/c1-2-9-23-11-15(21)20-8-7-14(10-20)19-16(22)18-13-5-3-12(17)4-6-13/h3-6,14H,2,7-11H2,1H3,(H2,18,19,22)/t14-/m1/s1. The average Bonchev–Trinajstić information content (AvgIpc) is 2.98. The molecule has 126 valence electrons. The summed E-state index contributed by atoms with van der Waals surface area (Å²) in [6, 6.07) is 5.21. The van der Waals surface area contributed by atoms with Crippen molar-refractivity contribution in [3.05, 3.63) is 30.1 Å². The first kappa shape index (κ1) is 17.6. The monoisotopic (exact) mass is 339 g/mol. The maximum Gasteiger partial charge on any atom is 0.319 e. The van der Waals surface area contributed by atoms with Crippen LogP contribution < -0.4 is 10.6 Å². The number of nitrogens with one attached hydrogen (secondary N) is 2. The van der Waals surface area contributed by atoms with Crippen LogP contribution in [0.2, 0.25) is 0 Å². The summed E-state index contributed by atoms with van der Waals surface area (Å²) in [6.45, 7) is 3.31. The number of amides is 3. The van der Waals surface area contributed by atoms with Crippen molar-refractivity contribution in [1.82, 2.24) is 10.2 Å². The van der Waals surface area contributed by atoms with E-state index in [2.05, 4.69) is 17.6 Å². The predicted molar refractivity (Wildman–Crippen MR) is 91.2 cm³/mol. The summed E-state index contributed by atoms with van der Waals surface area (Å²) < 4.78 is 12.8. The smallest absolute Gasteiger partial charge is 0.319 e. The molecule has 2 rings (SSSR count). The Hall–Kier alpha value is -1.76. The second kappa shape index (κ2) is 8.76. The molecule has 1 heterocycles. The SMILES string of the molecule is CCCSCC(=O)N1CC[C@@H](NC(=O)Nc2ccc(F)cc2)C1. The zero-order valence-electron chi connectivity index (χ0n) is 13.2. The van der Waals surface area contributed by atoms with E-state index < -0.39 is 0 Å². The van der Waals surface area contributed by atoms with E-state index in [9.17, 15) is 14.0 Å². The number of urea groups is 1. The molecule has 7 heteroatoms. The molecular formula is C16H22FN3O2S. The minimum Gasteiger partial charge on any atom is -0.340 e. The summed E-state index contributed by atoms with van der Waals surface area (Å²) in [5, 5.41) is 5.51. The molecule has 0 spiro atoms. The predicted octanol–water partition coefficient (Wildman–Crippen LogP) is 2.69. The van der Waals surface area contributed by atoms with Gasteiger partial charge in [0.05, 0.1) is 5.75 Å². The lowest BCUT2D eigenvalue weighted by Crippen LogP contribution is -2.41. The Morgan fingerprint density at radius 2 is 2.09 bits per heavy atom. The molecule has 1 fully saturated rings. The van der Waals surface area contributed by atoms with E-state index in [-0.39, 0.29) is 23.8 Å².